The van der Waals surface area contributed by atoms with Gasteiger partial charge in [-0.05, 0) is 73.9 Å². The number of benzene rings is 2. The number of pyridine rings is 1. The van der Waals surface area contributed by atoms with Crippen LogP contribution in [-0.4, -0.2) is 72.1 Å². The first kappa shape index (κ1) is 34.8. The third kappa shape index (κ3) is 6.90. The number of carbonyl (C=O) groups is 1. The lowest BCUT2D eigenvalue weighted by Gasteiger charge is -2.41. The van der Waals surface area contributed by atoms with E-state index in [0.29, 0.717) is 53.7 Å². The molecule has 14 heteroatoms. The molecule has 1 aliphatic heterocycles. The molecule has 49 heavy (non-hydrogen) atoms. The molecule has 1 saturated carbocycles. The highest BCUT2D eigenvalue weighted by Gasteiger charge is 2.41. The Balaban J connectivity index is 1.34. The Kier molecular flexibility index (Phi) is 9.75. The van der Waals surface area contributed by atoms with Gasteiger partial charge in [-0.1, -0.05) is 32.9 Å². The van der Waals surface area contributed by atoms with Gasteiger partial charge in [0, 0.05) is 50.2 Å². The van der Waals surface area contributed by atoms with Crippen LogP contribution in [0.3, 0.4) is 0 Å². The predicted molar refractivity (Wildman–Crippen MR) is 189 cm³/mol. The first-order chi connectivity index (χ1) is 23.4. The summed E-state index contributed by atoms with van der Waals surface area (Å²) in [5, 5.41) is 8.18. The number of nitrogens with one attached hydrogen (secondary N) is 1. The zero-order valence-corrected chi connectivity index (χ0v) is 29.4. The lowest BCUT2D eigenvalue weighted by molar-refractivity contribution is -0.138. The number of hydrogen-bond acceptors (Lipinski definition) is 6. The van der Waals surface area contributed by atoms with E-state index in [1.54, 1.807) is 18.3 Å². The molecule has 3 heterocycles. The van der Waals surface area contributed by atoms with E-state index in [0.717, 1.165) is 37.5 Å². The van der Waals surface area contributed by atoms with Gasteiger partial charge in [-0.3, -0.25) is 9.58 Å². The van der Waals surface area contributed by atoms with Gasteiger partial charge in [0.25, 0.3) is 0 Å². The molecule has 2 amide bonds. The third-order valence-electron chi connectivity index (χ3n) is 10.3. The number of rotatable bonds is 10. The Bertz CT molecular complexity index is 1820. The molecule has 4 aromatic rings. The second-order valence-electron chi connectivity index (χ2n) is 13.3. The quantitative estimate of drug-likeness (QED) is 0.129. The van der Waals surface area contributed by atoms with Crippen molar-refractivity contribution in [1.29, 1.82) is 0 Å². The van der Waals surface area contributed by atoms with Gasteiger partial charge in [0.15, 0.2) is 8.24 Å². The van der Waals surface area contributed by atoms with Gasteiger partial charge in [0.05, 0.1) is 28.2 Å². The van der Waals surface area contributed by atoms with Crippen LogP contribution in [-0.2, 0) is 12.7 Å². The molecule has 2 aromatic carbocycles. The van der Waals surface area contributed by atoms with E-state index in [1.807, 2.05) is 43.5 Å². The highest BCUT2D eigenvalue weighted by molar-refractivity contribution is 6.86. The maximum atomic E-state index is 16.4. The summed E-state index contributed by atoms with van der Waals surface area (Å²) in [4.78, 5) is 22.6. The molecular weight excluding hydrogens is 653 g/mol. The first-order valence-electron chi connectivity index (χ1n) is 17.0. The van der Waals surface area contributed by atoms with Gasteiger partial charge >= 0.3 is 12.2 Å². The van der Waals surface area contributed by atoms with Crippen molar-refractivity contribution in [3.63, 3.8) is 0 Å². The Hall–Kier alpha value is -4.01. The monoisotopic (exact) mass is 696 g/mol. The number of piperazine rings is 1. The van der Waals surface area contributed by atoms with E-state index in [9.17, 15) is 18.0 Å². The van der Waals surface area contributed by atoms with Crippen molar-refractivity contribution >= 4 is 42.4 Å². The van der Waals surface area contributed by atoms with Crippen LogP contribution in [0.15, 0.2) is 48.7 Å². The SMILES string of the molecule is CC[Si](CC)(CC)N(C(=O)Nc1ccc(CN2CCN(C)CC2)c(C(F)(F)F)c1)c1ccc(-c2nn(C3CC3)c3ccnc(N)c23)cc1F. The fraction of sp³-hybridized carbons (Fsp3) is 0.457. The summed E-state index contributed by atoms with van der Waals surface area (Å²) < 4.78 is 62.9. The van der Waals surface area contributed by atoms with Crippen molar-refractivity contribution in [2.24, 2.45) is 0 Å². The molecule has 0 atom stereocenters. The van der Waals surface area contributed by atoms with Crippen molar-refractivity contribution < 1.29 is 22.4 Å². The molecule has 9 nitrogen and oxygen atoms in total. The van der Waals surface area contributed by atoms with Crippen LogP contribution in [0.2, 0.25) is 18.1 Å². The summed E-state index contributed by atoms with van der Waals surface area (Å²) in [6.07, 6.45) is -0.992. The molecule has 2 fully saturated rings. The van der Waals surface area contributed by atoms with Crippen LogP contribution in [0.5, 0.6) is 0 Å². The second-order valence-corrected chi connectivity index (χ2v) is 18.3. The Morgan fingerprint density at radius 3 is 2.33 bits per heavy atom. The Morgan fingerprint density at radius 1 is 1.02 bits per heavy atom. The average molecular weight is 697 g/mol. The molecule has 0 unspecified atom stereocenters. The molecule has 262 valence electrons. The Labute approximate surface area is 285 Å². The normalized spacial score (nSPS) is 16.3. The smallest absolute Gasteiger partial charge is 0.383 e. The molecule has 1 aliphatic carbocycles. The highest BCUT2D eigenvalue weighted by Crippen LogP contribution is 2.42. The van der Waals surface area contributed by atoms with Crippen molar-refractivity contribution in [3.05, 3.63) is 65.6 Å². The number of likely N-dealkylation sites (N-methyl/N-ethyl adjacent to an activating group) is 1. The number of nitrogens with zero attached hydrogens (tertiary/aromatic N) is 6. The number of alkyl halides is 3. The molecular formula is C35H44F4N8OSi. The number of carbonyl (C=O) groups excluding carboxylic acids is 1. The van der Waals surface area contributed by atoms with Crippen LogP contribution in [0.25, 0.3) is 22.2 Å². The van der Waals surface area contributed by atoms with E-state index in [-0.39, 0.29) is 29.5 Å². The van der Waals surface area contributed by atoms with E-state index in [1.165, 1.54) is 22.8 Å². The van der Waals surface area contributed by atoms with Crippen LogP contribution < -0.4 is 15.6 Å². The fourth-order valence-electron chi connectivity index (χ4n) is 7.03. The van der Waals surface area contributed by atoms with E-state index in [2.05, 4.69) is 15.2 Å². The number of fused-ring (bicyclic) bond motifs is 1. The first-order valence-corrected chi connectivity index (χ1v) is 19.6. The summed E-state index contributed by atoms with van der Waals surface area (Å²) in [6.45, 7) is 9.01. The van der Waals surface area contributed by atoms with E-state index >= 15 is 4.39 Å². The minimum atomic E-state index is -4.62. The molecule has 2 aliphatic rings. The van der Waals surface area contributed by atoms with Gasteiger partial charge in [-0.15, -0.1) is 0 Å². The molecule has 0 bridgehead atoms. The number of amides is 2. The van der Waals surface area contributed by atoms with Gasteiger partial charge in [0.2, 0.25) is 0 Å². The van der Waals surface area contributed by atoms with E-state index in [4.69, 9.17) is 10.8 Å². The highest BCUT2D eigenvalue weighted by atomic mass is 28.3. The summed E-state index contributed by atoms with van der Waals surface area (Å²) >= 11 is 0. The third-order valence-corrected chi connectivity index (χ3v) is 15.7. The fourth-order valence-corrected chi connectivity index (χ4v) is 10.7. The number of halogens is 4. The molecule has 1 saturated heterocycles. The summed E-state index contributed by atoms with van der Waals surface area (Å²) in [5.41, 5.74) is 7.57. The summed E-state index contributed by atoms with van der Waals surface area (Å²) in [7, 11) is -0.693. The van der Waals surface area contributed by atoms with Crippen LogP contribution in [0.4, 0.5) is 39.5 Å². The average Bonchev–Trinajstić information content (AvgIpc) is 3.85. The summed E-state index contributed by atoms with van der Waals surface area (Å²) in [6, 6.07) is 11.9. The van der Waals surface area contributed by atoms with Crippen LogP contribution in [0.1, 0.15) is 50.8 Å². The number of nitrogens with two attached hydrogens (primary N) is 1. The van der Waals surface area contributed by atoms with Gasteiger partial charge in [-0.2, -0.15) is 18.3 Å². The molecule has 6 rings (SSSR count). The molecule has 3 N–H and O–H groups in total. The number of aromatic nitrogens is 3. The second kappa shape index (κ2) is 13.7. The largest absolute Gasteiger partial charge is 0.416 e. The zero-order valence-electron chi connectivity index (χ0n) is 28.4. The number of nitrogen functional groups attached to an aromatic ring is 1. The van der Waals surface area contributed by atoms with Crippen molar-refractivity contribution in [2.75, 3.05) is 48.8 Å². The Morgan fingerprint density at radius 2 is 1.71 bits per heavy atom. The number of hydrogen-bond donors (Lipinski definition) is 2. The zero-order chi connectivity index (χ0) is 35.1. The maximum Gasteiger partial charge on any atom is 0.416 e. The number of urea groups is 1. The van der Waals surface area contributed by atoms with Crippen LogP contribution in [0, 0.1) is 5.82 Å². The van der Waals surface area contributed by atoms with Crippen molar-refractivity contribution in [3.8, 4) is 11.3 Å². The molecule has 0 radical (unpaired) electrons. The minimum Gasteiger partial charge on any atom is -0.383 e. The topological polar surface area (TPSA) is 95.5 Å². The predicted octanol–water partition coefficient (Wildman–Crippen LogP) is 7.96. The molecule has 0 spiro atoms. The van der Waals surface area contributed by atoms with Crippen molar-refractivity contribution in [1.82, 2.24) is 24.6 Å². The molecule has 2 aromatic heterocycles. The maximum absolute atomic E-state index is 16.4. The minimum absolute atomic E-state index is 0.00718. The summed E-state index contributed by atoms with van der Waals surface area (Å²) in [5.74, 6) is -0.331. The lowest BCUT2D eigenvalue weighted by atomic mass is 10.0. The van der Waals surface area contributed by atoms with Gasteiger partial charge < -0.3 is 20.5 Å². The number of anilines is 3. The van der Waals surface area contributed by atoms with Gasteiger partial charge in [0.1, 0.15) is 17.3 Å². The van der Waals surface area contributed by atoms with Crippen LogP contribution >= 0.6 is 0 Å². The lowest BCUT2D eigenvalue weighted by Crippen LogP contribution is -2.57. The van der Waals surface area contributed by atoms with E-state index < -0.39 is 31.8 Å². The standard InChI is InChI=1S/C35H44F4N8OSi/c1-5-49(6-2,7-3)47(34(48)42-25-10-8-24(27(21-25)35(37,38)39)22-45-18-16-44(4)17-19-45)29-13-9-23(20-28(29)36)32-31-30(14-15-41-33(31)40)46(43-32)26-11-12-26/h8-10,13-15,20-21,26H,5-7,11-12,16-19,22H2,1-4H3,(H2,40,41)(H,42,48). The van der Waals surface area contributed by atoms with Gasteiger partial charge in [-0.25, -0.2) is 14.2 Å². The van der Waals surface area contributed by atoms with Crippen molar-refractivity contribution in [2.45, 2.75) is 70.5 Å².